The van der Waals surface area contributed by atoms with Crippen LogP contribution < -0.4 is 5.73 Å². The maximum atomic E-state index is 11.1. The fourth-order valence-corrected chi connectivity index (χ4v) is 2.13. The molecule has 1 aliphatic rings. The molecule has 0 aromatic heterocycles. The van der Waals surface area contributed by atoms with Gasteiger partial charge in [-0.05, 0) is 30.5 Å². The van der Waals surface area contributed by atoms with Gasteiger partial charge in [0.1, 0.15) is 0 Å². The summed E-state index contributed by atoms with van der Waals surface area (Å²) in [5.74, 6) is -1.22. The van der Waals surface area contributed by atoms with Crippen molar-refractivity contribution in [3.05, 3.63) is 35.4 Å². The molecule has 1 saturated carbocycles. The lowest BCUT2D eigenvalue weighted by molar-refractivity contribution is -0.137. The quantitative estimate of drug-likeness (QED) is 0.774. The number of primary amides is 1. The monoisotopic (exact) mass is 262 g/mol. The Balaban J connectivity index is 2.02. The van der Waals surface area contributed by atoms with Crippen LogP contribution in [0.25, 0.3) is 0 Å². The molecule has 0 aliphatic heterocycles. The highest BCUT2D eigenvalue weighted by molar-refractivity contribution is 5.92. The van der Waals surface area contributed by atoms with E-state index < -0.39 is 11.9 Å². The number of benzene rings is 1. The van der Waals surface area contributed by atoms with Crippen LogP contribution in [-0.2, 0) is 11.3 Å². The molecular weight excluding hydrogens is 244 g/mol. The Kier molecular flexibility index (Phi) is 4.16. The molecule has 1 aromatic rings. The zero-order chi connectivity index (χ0) is 13.8. The SMILES string of the molecule is NC(=O)c1cccc(CN(CCC(=O)O)C2CC2)c1. The summed E-state index contributed by atoms with van der Waals surface area (Å²) >= 11 is 0. The molecule has 1 aromatic carbocycles. The summed E-state index contributed by atoms with van der Waals surface area (Å²) in [5.41, 5.74) is 6.74. The van der Waals surface area contributed by atoms with Crippen LogP contribution in [0.4, 0.5) is 0 Å². The highest BCUT2D eigenvalue weighted by Gasteiger charge is 2.29. The number of amides is 1. The number of hydrogen-bond acceptors (Lipinski definition) is 3. The summed E-state index contributed by atoms with van der Waals surface area (Å²) in [6.45, 7) is 1.21. The molecule has 3 N–H and O–H groups in total. The van der Waals surface area contributed by atoms with E-state index in [2.05, 4.69) is 4.90 Å². The Morgan fingerprint density at radius 2 is 2.11 bits per heavy atom. The first-order valence-corrected chi connectivity index (χ1v) is 6.41. The summed E-state index contributed by atoms with van der Waals surface area (Å²) in [6, 6.07) is 7.68. The Labute approximate surface area is 112 Å². The molecule has 0 unspecified atom stereocenters. The number of aliphatic carboxylic acids is 1. The van der Waals surface area contributed by atoms with E-state index in [-0.39, 0.29) is 6.42 Å². The summed E-state index contributed by atoms with van der Waals surface area (Å²) < 4.78 is 0. The lowest BCUT2D eigenvalue weighted by Gasteiger charge is -2.21. The number of nitrogens with zero attached hydrogens (tertiary/aromatic N) is 1. The molecule has 0 bridgehead atoms. The number of carboxylic acids is 1. The summed E-state index contributed by atoms with van der Waals surface area (Å²) in [5, 5.41) is 8.76. The molecule has 2 rings (SSSR count). The molecule has 1 amide bonds. The molecular formula is C14H18N2O3. The van der Waals surface area contributed by atoms with E-state index in [1.807, 2.05) is 6.07 Å². The van der Waals surface area contributed by atoms with Crippen molar-refractivity contribution in [1.29, 1.82) is 0 Å². The minimum absolute atomic E-state index is 0.145. The maximum absolute atomic E-state index is 11.1. The van der Waals surface area contributed by atoms with Crippen molar-refractivity contribution >= 4 is 11.9 Å². The van der Waals surface area contributed by atoms with Crippen molar-refractivity contribution in [3.63, 3.8) is 0 Å². The van der Waals surface area contributed by atoms with Crippen LogP contribution in [0.2, 0.25) is 0 Å². The Morgan fingerprint density at radius 3 is 2.68 bits per heavy atom. The van der Waals surface area contributed by atoms with E-state index in [0.717, 1.165) is 18.4 Å². The number of nitrogens with two attached hydrogens (primary N) is 1. The molecule has 5 nitrogen and oxygen atoms in total. The molecule has 0 atom stereocenters. The maximum Gasteiger partial charge on any atom is 0.304 e. The van der Waals surface area contributed by atoms with E-state index in [9.17, 15) is 9.59 Å². The van der Waals surface area contributed by atoms with E-state index in [0.29, 0.717) is 24.7 Å². The standard InChI is InChI=1S/C14H18N2O3/c15-14(19)11-3-1-2-10(8-11)9-16(12-4-5-12)7-6-13(17)18/h1-3,8,12H,4-7,9H2,(H2,15,19)(H,17,18). The zero-order valence-electron chi connectivity index (χ0n) is 10.7. The second-order valence-electron chi connectivity index (χ2n) is 4.91. The average Bonchev–Trinajstić information content (AvgIpc) is 3.18. The van der Waals surface area contributed by atoms with Gasteiger partial charge in [-0.15, -0.1) is 0 Å². The minimum atomic E-state index is -0.781. The fraction of sp³-hybridized carbons (Fsp3) is 0.429. The van der Waals surface area contributed by atoms with Crippen molar-refractivity contribution in [2.45, 2.75) is 31.8 Å². The van der Waals surface area contributed by atoms with Crippen LogP contribution in [-0.4, -0.2) is 34.5 Å². The van der Waals surface area contributed by atoms with Crippen molar-refractivity contribution in [2.75, 3.05) is 6.54 Å². The van der Waals surface area contributed by atoms with Gasteiger partial charge in [0.25, 0.3) is 0 Å². The van der Waals surface area contributed by atoms with Crippen LogP contribution in [0.15, 0.2) is 24.3 Å². The Hall–Kier alpha value is -1.88. The fourth-order valence-electron chi connectivity index (χ4n) is 2.13. The van der Waals surface area contributed by atoms with Crippen molar-refractivity contribution < 1.29 is 14.7 Å². The lowest BCUT2D eigenvalue weighted by Crippen LogP contribution is -2.28. The average molecular weight is 262 g/mol. The first kappa shape index (κ1) is 13.5. The molecule has 19 heavy (non-hydrogen) atoms. The molecule has 0 spiro atoms. The van der Waals surface area contributed by atoms with Gasteiger partial charge >= 0.3 is 5.97 Å². The van der Waals surface area contributed by atoms with Gasteiger partial charge in [0.2, 0.25) is 5.91 Å². The molecule has 1 fully saturated rings. The number of rotatable bonds is 7. The van der Waals surface area contributed by atoms with Gasteiger partial charge in [-0.3, -0.25) is 14.5 Å². The van der Waals surface area contributed by atoms with Gasteiger partial charge in [-0.1, -0.05) is 12.1 Å². The first-order chi connectivity index (χ1) is 9.06. The third kappa shape index (κ3) is 4.06. The van der Waals surface area contributed by atoms with Gasteiger partial charge in [0.15, 0.2) is 0 Å². The predicted octanol–water partition coefficient (Wildman–Crippen LogP) is 1.22. The molecule has 0 radical (unpaired) electrons. The molecule has 0 heterocycles. The van der Waals surface area contributed by atoms with Crippen LogP contribution in [0.3, 0.4) is 0 Å². The summed E-state index contributed by atoms with van der Waals surface area (Å²) in [6.07, 6.45) is 2.39. The number of carbonyl (C=O) groups is 2. The van der Waals surface area contributed by atoms with Gasteiger partial charge < -0.3 is 10.8 Å². The van der Waals surface area contributed by atoms with Crippen LogP contribution in [0, 0.1) is 0 Å². The van der Waals surface area contributed by atoms with Crippen molar-refractivity contribution in [1.82, 2.24) is 4.90 Å². The van der Waals surface area contributed by atoms with Crippen molar-refractivity contribution in [3.8, 4) is 0 Å². The van der Waals surface area contributed by atoms with Gasteiger partial charge in [-0.2, -0.15) is 0 Å². The van der Waals surface area contributed by atoms with Crippen LogP contribution in [0.5, 0.6) is 0 Å². The number of hydrogen-bond donors (Lipinski definition) is 2. The van der Waals surface area contributed by atoms with Crippen LogP contribution in [0.1, 0.15) is 35.2 Å². The normalized spacial score (nSPS) is 14.6. The van der Waals surface area contributed by atoms with Gasteiger partial charge in [0, 0.05) is 24.7 Å². The molecule has 0 saturated heterocycles. The first-order valence-electron chi connectivity index (χ1n) is 6.41. The second-order valence-corrected chi connectivity index (χ2v) is 4.91. The molecule has 5 heteroatoms. The Morgan fingerprint density at radius 1 is 1.37 bits per heavy atom. The highest BCUT2D eigenvalue weighted by atomic mass is 16.4. The van der Waals surface area contributed by atoms with E-state index in [1.165, 1.54) is 0 Å². The van der Waals surface area contributed by atoms with Crippen molar-refractivity contribution in [2.24, 2.45) is 5.73 Å². The predicted molar refractivity (Wildman–Crippen MR) is 70.6 cm³/mol. The molecule has 1 aliphatic carbocycles. The third-order valence-electron chi connectivity index (χ3n) is 3.27. The zero-order valence-corrected chi connectivity index (χ0v) is 10.7. The number of carbonyl (C=O) groups excluding carboxylic acids is 1. The van der Waals surface area contributed by atoms with E-state index >= 15 is 0 Å². The smallest absolute Gasteiger partial charge is 0.304 e. The van der Waals surface area contributed by atoms with Gasteiger partial charge in [0.05, 0.1) is 6.42 Å². The minimum Gasteiger partial charge on any atom is -0.481 e. The Bertz CT molecular complexity index is 483. The molecule has 102 valence electrons. The second kappa shape index (κ2) is 5.84. The highest BCUT2D eigenvalue weighted by Crippen LogP contribution is 2.28. The summed E-state index contributed by atoms with van der Waals surface area (Å²) in [4.78, 5) is 23.9. The van der Waals surface area contributed by atoms with E-state index in [4.69, 9.17) is 10.8 Å². The number of carboxylic acid groups (broad SMARTS) is 1. The van der Waals surface area contributed by atoms with E-state index in [1.54, 1.807) is 18.2 Å². The third-order valence-corrected chi connectivity index (χ3v) is 3.27. The van der Waals surface area contributed by atoms with Crippen LogP contribution >= 0.6 is 0 Å². The largest absolute Gasteiger partial charge is 0.481 e. The van der Waals surface area contributed by atoms with Gasteiger partial charge in [-0.25, -0.2) is 0 Å². The topological polar surface area (TPSA) is 83.6 Å². The lowest BCUT2D eigenvalue weighted by atomic mass is 10.1. The summed E-state index contributed by atoms with van der Waals surface area (Å²) in [7, 11) is 0.